The summed E-state index contributed by atoms with van der Waals surface area (Å²) in [6.07, 6.45) is -0.134. The predicted molar refractivity (Wildman–Crippen MR) is 113 cm³/mol. The van der Waals surface area contributed by atoms with E-state index in [2.05, 4.69) is 15.2 Å². The summed E-state index contributed by atoms with van der Waals surface area (Å²) in [6, 6.07) is 14.4. The number of rotatable bonds is 7. The molecule has 2 aromatic carbocycles. The van der Waals surface area contributed by atoms with Crippen LogP contribution in [0.1, 0.15) is 5.69 Å². The molecule has 0 bridgehead atoms. The minimum Gasteiger partial charge on any atom is -0.507 e. The van der Waals surface area contributed by atoms with Crippen LogP contribution in [0.2, 0.25) is 0 Å². The first kappa shape index (κ1) is 19.9. The highest BCUT2D eigenvalue weighted by atomic mass is 32.2. The number of aromatic hydroxyl groups is 1. The van der Waals surface area contributed by atoms with Crippen molar-refractivity contribution in [3.63, 3.8) is 0 Å². The van der Waals surface area contributed by atoms with Gasteiger partial charge in [0.2, 0.25) is 5.16 Å². The fourth-order valence-corrected chi connectivity index (χ4v) is 4.58. The zero-order valence-electron chi connectivity index (χ0n) is 15.7. The van der Waals surface area contributed by atoms with Gasteiger partial charge in [-0.1, -0.05) is 18.2 Å². The maximum atomic E-state index is 10.9. The van der Waals surface area contributed by atoms with Crippen molar-refractivity contribution in [1.29, 1.82) is 0 Å². The summed E-state index contributed by atoms with van der Waals surface area (Å²) in [5, 5.41) is 30.3. The van der Waals surface area contributed by atoms with E-state index < -0.39 is 5.97 Å². The Morgan fingerprint density at radius 2 is 2.00 bits per heavy atom. The summed E-state index contributed by atoms with van der Waals surface area (Å²) in [5.41, 5.74) is 1.78. The highest BCUT2D eigenvalue weighted by Gasteiger charge is 2.21. The molecular weight excluding hydrogens is 424 g/mol. The number of carboxylic acid groups (broad SMARTS) is 1. The van der Waals surface area contributed by atoms with E-state index in [9.17, 15) is 9.90 Å². The number of phenolic OH excluding ortho intramolecular Hbond substituents is 1. The first-order valence-electron chi connectivity index (χ1n) is 8.77. The smallest absolute Gasteiger partial charge is 0.309 e. The number of phenols is 1. The van der Waals surface area contributed by atoms with Crippen molar-refractivity contribution in [2.75, 3.05) is 7.11 Å². The Morgan fingerprint density at radius 1 is 1.20 bits per heavy atom. The van der Waals surface area contributed by atoms with Crippen LogP contribution >= 0.6 is 23.1 Å². The van der Waals surface area contributed by atoms with Crippen LogP contribution in [0.25, 0.3) is 17.1 Å². The molecule has 10 heteroatoms. The van der Waals surface area contributed by atoms with Gasteiger partial charge in [0.15, 0.2) is 10.2 Å². The molecule has 2 heterocycles. The SMILES string of the molecule is COc1ccc(O)c(-c2nnc(Sc3nc(CC(=O)O)cs3)n2-c2ccccc2)c1. The molecule has 0 fully saturated rings. The Bertz CT molecular complexity index is 1190. The average Bonchev–Trinajstić information content (AvgIpc) is 3.35. The molecule has 0 atom stereocenters. The molecule has 0 saturated carbocycles. The van der Waals surface area contributed by atoms with E-state index >= 15 is 0 Å². The summed E-state index contributed by atoms with van der Waals surface area (Å²) >= 11 is 2.62. The van der Waals surface area contributed by atoms with Crippen LogP contribution < -0.4 is 4.74 Å². The lowest BCUT2D eigenvalue weighted by Crippen LogP contribution is -2.00. The molecule has 152 valence electrons. The number of para-hydroxylation sites is 1. The van der Waals surface area contributed by atoms with E-state index in [-0.39, 0.29) is 12.2 Å². The van der Waals surface area contributed by atoms with Gasteiger partial charge in [-0.05, 0) is 42.1 Å². The Balaban J connectivity index is 1.79. The number of hydrogen-bond donors (Lipinski definition) is 2. The molecule has 0 aliphatic rings. The second-order valence-corrected chi connectivity index (χ2v) is 8.21. The van der Waals surface area contributed by atoms with Crippen molar-refractivity contribution in [2.24, 2.45) is 0 Å². The molecule has 0 amide bonds. The fraction of sp³-hybridized carbons (Fsp3) is 0.100. The fourth-order valence-electron chi connectivity index (χ4n) is 2.79. The topological polar surface area (TPSA) is 110 Å². The van der Waals surface area contributed by atoms with Crippen LogP contribution in [0.4, 0.5) is 0 Å². The van der Waals surface area contributed by atoms with Gasteiger partial charge >= 0.3 is 5.97 Å². The number of aliphatic carboxylic acids is 1. The number of carboxylic acids is 1. The van der Waals surface area contributed by atoms with Gasteiger partial charge in [-0.15, -0.1) is 21.5 Å². The van der Waals surface area contributed by atoms with Gasteiger partial charge in [-0.25, -0.2) is 4.98 Å². The molecule has 0 saturated heterocycles. The molecule has 2 N–H and O–H groups in total. The summed E-state index contributed by atoms with van der Waals surface area (Å²) in [6.45, 7) is 0. The van der Waals surface area contributed by atoms with Crippen LogP contribution in [-0.2, 0) is 11.2 Å². The number of ether oxygens (including phenoxy) is 1. The van der Waals surface area contributed by atoms with Gasteiger partial charge in [0.05, 0.1) is 24.8 Å². The van der Waals surface area contributed by atoms with E-state index in [4.69, 9.17) is 9.84 Å². The van der Waals surface area contributed by atoms with Gasteiger partial charge in [-0.3, -0.25) is 9.36 Å². The van der Waals surface area contributed by atoms with Crippen LogP contribution in [-0.4, -0.2) is 43.0 Å². The largest absolute Gasteiger partial charge is 0.507 e. The van der Waals surface area contributed by atoms with Crippen LogP contribution in [0.15, 0.2) is 63.4 Å². The van der Waals surface area contributed by atoms with Crippen LogP contribution in [0, 0.1) is 0 Å². The van der Waals surface area contributed by atoms with Crippen LogP contribution in [0.5, 0.6) is 11.5 Å². The van der Waals surface area contributed by atoms with E-state index in [1.54, 1.807) is 30.7 Å². The van der Waals surface area contributed by atoms with Gasteiger partial charge < -0.3 is 14.9 Å². The van der Waals surface area contributed by atoms with Gasteiger partial charge in [-0.2, -0.15) is 0 Å². The Morgan fingerprint density at radius 3 is 2.73 bits per heavy atom. The average molecular weight is 441 g/mol. The van der Waals surface area contributed by atoms with E-state index in [0.717, 1.165) is 5.69 Å². The third kappa shape index (κ3) is 4.14. The molecule has 8 nitrogen and oxygen atoms in total. The van der Waals surface area contributed by atoms with E-state index in [1.807, 2.05) is 34.9 Å². The summed E-state index contributed by atoms with van der Waals surface area (Å²) in [7, 11) is 1.55. The Hall–Kier alpha value is -3.37. The second kappa shape index (κ2) is 8.56. The number of nitrogens with zero attached hydrogens (tertiary/aromatic N) is 4. The number of thiazole rings is 1. The van der Waals surface area contributed by atoms with Gasteiger partial charge in [0.1, 0.15) is 11.5 Å². The Labute approximate surface area is 179 Å². The lowest BCUT2D eigenvalue weighted by atomic mass is 10.1. The lowest BCUT2D eigenvalue weighted by molar-refractivity contribution is -0.136. The molecule has 2 aromatic heterocycles. The van der Waals surface area contributed by atoms with Crippen molar-refractivity contribution < 1.29 is 19.7 Å². The third-order valence-corrected chi connectivity index (χ3v) is 6.07. The molecule has 0 unspecified atom stereocenters. The summed E-state index contributed by atoms with van der Waals surface area (Å²) in [4.78, 5) is 15.3. The van der Waals surface area contributed by atoms with Gasteiger partial charge in [0.25, 0.3) is 0 Å². The van der Waals surface area contributed by atoms with E-state index in [0.29, 0.717) is 32.3 Å². The van der Waals surface area contributed by atoms with Crippen molar-refractivity contribution in [3.8, 4) is 28.6 Å². The van der Waals surface area contributed by atoms with Crippen molar-refractivity contribution in [1.82, 2.24) is 19.7 Å². The maximum absolute atomic E-state index is 10.9. The molecule has 4 aromatic rings. The molecule has 30 heavy (non-hydrogen) atoms. The molecule has 4 rings (SSSR count). The summed E-state index contributed by atoms with van der Waals surface area (Å²) in [5.74, 6) is 0.148. The molecule has 0 aliphatic carbocycles. The molecular formula is C20H16N4O4S2. The quantitative estimate of drug-likeness (QED) is 0.445. The van der Waals surface area contributed by atoms with Crippen molar-refractivity contribution in [2.45, 2.75) is 15.9 Å². The second-order valence-electron chi connectivity index (χ2n) is 6.14. The zero-order valence-corrected chi connectivity index (χ0v) is 17.4. The van der Waals surface area contributed by atoms with E-state index in [1.165, 1.54) is 23.1 Å². The minimum absolute atomic E-state index is 0.0509. The number of hydrogen-bond acceptors (Lipinski definition) is 8. The van der Waals surface area contributed by atoms with Gasteiger partial charge in [0, 0.05) is 11.1 Å². The zero-order chi connectivity index (χ0) is 21.1. The maximum Gasteiger partial charge on any atom is 0.309 e. The number of methoxy groups -OCH3 is 1. The highest BCUT2D eigenvalue weighted by Crippen LogP contribution is 2.37. The standard InChI is InChI=1S/C20H16N4O4S2/c1-28-14-7-8-16(25)15(10-14)18-22-23-19(24(18)13-5-3-2-4-6-13)30-20-21-12(11-29-20)9-17(26)27/h2-8,10-11,25H,9H2,1H3,(H,26,27). The highest BCUT2D eigenvalue weighted by molar-refractivity contribution is 8.00. The molecule has 0 radical (unpaired) electrons. The van der Waals surface area contributed by atoms with Crippen LogP contribution in [0.3, 0.4) is 0 Å². The normalized spacial score (nSPS) is 10.8. The minimum atomic E-state index is -0.930. The molecule has 0 aliphatic heterocycles. The monoisotopic (exact) mass is 440 g/mol. The van der Waals surface area contributed by atoms with Crippen molar-refractivity contribution >= 4 is 29.1 Å². The van der Waals surface area contributed by atoms with Crippen molar-refractivity contribution in [3.05, 3.63) is 59.6 Å². The first-order chi connectivity index (χ1) is 14.5. The molecule has 0 spiro atoms. The Kier molecular flexibility index (Phi) is 5.68. The lowest BCUT2D eigenvalue weighted by Gasteiger charge is -2.11. The third-order valence-electron chi connectivity index (χ3n) is 4.13. The number of carbonyl (C=O) groups is 1. The number of benzene rings is 2. The summed E-state index contributed by atoms with van der Waals surface area (Å²) < 4.78 is 7.75. The predicted octanol–water partition coefficient (Wildman–Crippen LogP) is 3.88. The number of aromatic nitrogens is 4. The first-order valence-corrected chi connectivity index (χ1v) is 10.5.